The van der Waals surface area contributed by atoms with Crippen molar-refractivity contribution < 1.29 is 37.0 Å². The van der Waals surface area contributed by atoms with Crippen molar-refractivity contribution in [1.29, 1.82) is 0 Å². The molecule has 0 spiro atoms. The molecule has 2 aromatic rings. The second kappa shape index (κ2) is 14.4. The lowest BCUT2D eigenvalue weighted by Gasteiger charge is -2.41. The van der Waals surface area contributed by atoms with E-state index in [0.717, 1.165) is 43.4 Å². The highest BCUT2D eigenvalue weighted by Crippen LogP contribution is 2.39. The molecule has 3 amide bonds. The van der Waals surface area contributed by atoms with E-state index >= 15 is 0 Å². The van der Waals surface area contributed by atoms with Gasteiger partial charge < -0.3 is 25.0 Å². The summed E-state index contributed by atoms with van der Waals surface area (Å²) in [4.78, 5) is 39.2. The van der Waals surface area contributed by atoms with Crippen molar-refractivity contribution in [2.75, 3.05) is 18.5 Å². The molecule has 8 nitrogen and oxygen atoms in total. The smallest absolute Gasteiger partial charge is 0.466 e. The van der Waals surface area contributed by atoms with Crippen molar-refractivity contribution in [3.8, 4) is 5.75 Å². The van der Waals surface area contributed by atoms with Crippen LogP contribution in [0.4, 0.5) is 23.7 Å². The normalized spacial score (nSPS) is 17.2. The molecule has 2 aromatic carbocycles. The number of alkyl halides is 3. The monoisotopic (exact) mass is 591 g/mol. The van der Waals surface area contributed by atoms with Crippen LogP contribution >= 0.6 is 0 Å². The second-order valence-corrected chi connectivity index (χ2v) is 11.5. The van der Waals surface area contributed by atoms with Crippen molar-refractivity contribution in [3.05, 3.63) is 59.7 Å². The van der Waals surface area contributed by atoms with E-state index < -0.39 is 6.36 Å². The average molecular weight is 592 g/mol. The summed E-state index contributed by atoms with van der Waals surface area (Å²) in [7, 11) is 0. The van der Waals surface area contributed by atoms with Crippen LogP contribution in [0, 0.1) is 11.3 Å². The van der Waals surface area contributed by atoms with Crippen LogP contribution in [0.5, 0.6) is 5.75 Å². The molecule has 1 fully saturated rings. The average Bonchev–Trinajstić information content (AvgIpc) is 2.92. The topological polar surface area (TPSA) is 97.0 Å². The first-order valence-electron chi connectivity index (χ1n) is 14.2. The molecule has 1 aliphatic carbocycles. The first-order chi connectivity index (χ1) is 19.7. The minimum atomic E-state index is -4.80. The molecule has 0 unspecified atom stereocenters. The van der Waals surface area contributed by atoms with Crippen LogP contribution in [0.3, 0.4) is 0 Å². The van der Waals surface area contributed by atoms with Gasteiger partial charge in [0.25, 0.3) is 5.91 Å². The molecule has 230 valence electrons. The van der Waals surface area contributed by atoms with E-state index in [1.54, 1.807) is 36.1 Å². The summed E-state index contributed by atoms with van der Waals surface area (Å²) < 4.78 is 46.3. The lowest BCUT2D eigenvalue weighted by Crippen LogP contribution is -2.45. The largest absolute Gasteiger partial charge is 0.573 e. The van der Waals surface area contributed by atoms with Gasteiger partial charge in [-0.15, -0.1) is 13.2 Å². The predicted molar refractivity (Wildman–Crippen MR) is 153 cm³/mol. The SMILES string of the molecule is CCOC(=O)CCNC(=O)c1ccc(CN(C(=O)Nc2ccc(OC(F)(F)F)cc2)C2CCC(C(C)(C)C)CC2)cc1. The number of hydrogen-bond acceptors (Lipinski definition) is 5. The van der Waals surface area contributed by atoms with Crippen LogP contribution in [0.2, 0.25) is 0 Å². The summed E-state index contributed by atoms with van der Waals surface area (Å²) in [6.07, 6.45) is -1.11. The Bertz CT molecular complexity index is 1190. The Kier molecular flexibility index (Phi) is 11.2. The maximum absolute atomic E-state index is 13.5. The van der Waals surface area contributed by atoms with Gasteiger partial charge in [0.2, 0.25) is 0 Å². The second-order valence-electron chi connectivity index (χ2n) is 11.5. The third kappa shape index (κ3) is 10.3. The van der Waals surface area contributed by atoms with Gasteiger partial charge in [-0.2, -0.15) is 0 Å². The zero-order valence-electron chi connectivity index (χ0n) is 24.6. The van der Waals surface area contributed by atoms with Crippen molar-refractivity contribution >= 4 is 23.6 Å². The minimum Gasteiger partial charge on any atom is -0.466 e. The number of urea groups is 1. The number of benzene rings is 2. The maximum atomic E-state index is 13.5. The number of anilines is 1. The van der Waals surface area contributed by atoms with E-state index in [4.69, 9.17) is 4.74 Å². The predicted octanol–water partition coefficient (Wildman–Crippen LogP) is 6.91. The Balaban J connectivity index is 1.69. The number of nitrogens with zero attached hydrogens (tertiary/aromatic N) is 1. The number of amides is 3. The van der Waals surface area contributed by atoms with Gasteiger partial charge in [-0.1, -0.05) is 32.9 Å². The fourth-order valence-corrected chi connectivity index (χ4v) is 5.13. The third-order valence-electron chi connectivity index (χ3n) is 7.45. The summed E-state index contributed by atoms with van der Waals surface area (Å²) >= 11 is 0. The number of esters is 1. The summed E-state index contributed by atoms with van der Waals surface area (Å²) in [5.74, 6) is -0.531. The number of ether oxygens (including phenoxy) is 2. The van der Waals surface area contributed by atoms with Crippen LogP contribution in [-0.4, -0.2) is 48.4 Å². The zero-order valence-corrected chi connectivity index (χ0v) is 24.6. The third-order valence-corrected chi connectivity index (χ3v) is 7.45. The molecule has 0 radical (unpaired) electrons. The van der Waals surface area contributed by atoms with Crippen LogP contribution in [0.25, 0.3) is 0 Å². The van der Waals surface area contributed by atoms with Crippen molar-refractivity contribution in [1.82, 2.24) is 10.2 Å². The molecule has 0 saturated heterocycles. The molecule has 0 bridgehead atoms. The Hall–Kier alpha value is -3.76. The van der Waals surface area contributed by atoms with Crippen LogP contribution in [0.1, 0.15) is 75.7 Å². The maximum Gasteiger partial charge on any atom is 0.573 e. The molecule has 0 atom stereocenters. The minimum absolute atomic E-state index is 0.0257. The van der Waals surface area contributed by atoms with Crippen LogP contribution in [0.15, 0.2) is 48.5 Å². The quantitative estimate of drug-likeness (QED) is 0.293. The highest BCUT2D eigenvalue weighted by atomic mass is 19.4. The van der Waals surface area contributed by atoms with Crippen molar-refractivity contribution in [3.63, 3.8) is 0 Å². The fourth-order valence-electron chi connectivity index (χ4n) is 5.13. The molecule has 2 N–H and O–H groups in total. The van der Waals surface area contributed by atoms with E-state index in [1.807, 2.05) is 0 Å². The van der Waals surface area contributed by atoms with Gasteiger partial charge in [-0.25, -0.2) is 4.79 Å². The molecule has 0 aliphatic heterocycles. The Morgan fingerprint density at radius 2 is 1.55 bits per heavy atom. The summed E-state index contributed by atoms with van der Waals surface area (Å²) in [6.45, 7) is 9.12. The van der Waals surface area contributed by atoms with Crippen molar-refractivity contribution in [2.45, 2.75) is 78.7 Å². The Morgan fingerprint density at radius 3 is 2.10 bits per heavy atom. The lowest BCUT2D eigenvalue weighted by atomic mass is 9.71. The van der Waals surface area contributed by atoms with Crippen LogP contribution in [-0.2, 0) is 16.1 Å². The van der Waals surface area contributed by atoms with E-state index in [-0.39, 0.29) is 61.2 Å². The summed E-state index contributed by atoms with van der Waals surface area (Å²) in [6, 6.07) is 11.5. The number of halogens is 3. The molecular formula is C31H40F3N3O5. The van der Waals surface area contributed by atoms with Gasteiger partial charge in [0.1, 0.15) is 5.75 Å². The lowest BCUT2D eigenvalue weighted by molar-refractivity contribution is -0.274. The fraction of sp³-hybridized carbons (Fsp3) is 0.516. The number of rotatable bonds is 10. The standard InChI is InChI=1S/C31H40F3N3O5/c1-5-41-27(38)18-19-35-28(39)22-8-6-21(7-9-22)20-37(25-14-10-23(11-15-25)30(2,3)4)29(40)36-24-12-16-26(17-13-24)42-31(32,33)34/h6-9,12-13,16-17,23,25H,5,10-11,14-15,18-20H2,1-4H3,(H,35,39)(H,36,40). The zero-order chi connectivity index (χ0) is 30.9. The molecule has 3 rings (SSSR count). The number of carbonyl (C=O) groups is 3. The molecule has 0 heterocycles. The molecule has 1 saturated carbocycles. The summed E-state index contributed by atoms with van der Waals surface area (Å²) in [5, 5.41) is 5.50. The van der Waals surface area contributed by atoms with Gasteiger partial charge in [-0.3, -0.25) is 9.59 Å². The first-order valence-corrected chi connectivity index (χ1v) is 14.2. The number of carbonyl (C=O) groups excluding carboxylic acids is 3. The van der Waals surface area contributed by atoms with E-state index in [2.05, 4.69) is 36.1 Å². The van der Waals surface area contributed by atoms with Gasteiger partial charge >= 0.3 is 18.4 Å². The first kappa shape index (κ1) is 32.8. The highest BCUT2D eigenvalue weighted by molar-refractivity contribution is 5.94. The van der Waals surface area contributed by atoms with Gasteiger partial charge in [0, 0.05) is 30.4 Å². The Morgan fingerprint density at radius 1 is 0.929 bits per heavy atom. The van der Waals surface area contributed by atoms with Crippen LogP contribution < -0.4 is 15.4 Å². The Labute approximate surface area is 244 Å². The summed E-state index contributed by atoms with van der Waals surface area (Å²) in [5.41, 5.74) is 1.76. The number of hydrogen-bond donors (Lipinski definition) is 2. The molecule has 1 aliphatic rings. The molecule has 11 heteroatoms. The molecule has 0 aromatic heterocycles. The van der Waals surface area contributed by atoms with E-state index in [9.17, 15) is 27.6 Å². The number of nitrogens with one attached hydrogen (secondary N) is 2. The van der Waals surface area contributed by atoms with Gasteiger partial charge in [-0.05, 0) is 85.9 Å². The highest BCUT2D eigenvalue weighted by Gasteiger charge is 2.34. The van der Waals surface area contributed by atoms with Gasteiger partial charge in [0.05, 0.1) is 13.0 Å². The van der Waals surface area contributed by atoms with Crippen molar-refractivity contribution in [2.24, 2.45) is 11.3 Å². The van der Waals surface area contributed by atoms with Gasteiger partial charge in [0.15, 0.2) is 0 Å². The molecule has 42 heavy (non-hydrogen) atoms. The molecular weight excluding hydrogens is 551 g/mol. The van der Waals surface area contributed by atoms with E-state index in [1.165, 1.54) is 12.1 Å². The van der Waals surface area contributed by atoms with E-state index in [0.29, 0.717) is 17.2 Å².